The first-order valence-electron chi connectivity index (χ1n) is 5.09. The standard InChI is InChI=1S/C12H5F9/c13-10(14,15)3-1-2-7-4-8(11(16,17)18)6-9(5-7)12(19,20)21/h2-6H. The van der Waals surface area contributed by atoms with E-state index in [1.807, 2.05) is 0 Å². The van der Waals surface area contributed by atoms with Crippen LogP contribution >= 0.6 is 0 Å². The molecular formula is C12H5F9. The van der Waals surface area contributed by atoms with Crippen molar-refractivity contribution in [2.24, 2.45) is 0 Å². The second kappa shape index (κ2) is 5.48. The van der Waals surface area contributed by atoms with Gasteiger partial charge in [-0.25, -0.2) is 0 Å². The van der Waals surface area contributed by atoms with Crippen LogP contribution in [0.4, 0.5) is 39.5 Å². The minimum absolute atomic E-state index is 0.120. The lowest BCUT2D eigenvalue weighted by Crippen LogP contribution is -2.11. The van der Waals surface area contributed by atoms with Crippen molar-refractivity contribution in [3.63, 3.8) is 0 Å². The Morgan fingerprint density at radius 1 is 0.714 bits per heavy atom. The summed E-state index contributed by atoms with van der Waals surface area (Å²) in [5, 5.41) is 0. The highest BCUT2D eigenvalue weighted by atomic mass is 19.4. The van der Waals surface area contributed by atoms with Crippen LogP contribution < -0.4 is 0 Å². The van der Waals surface area contributed by atoms with Crippen molar-refractivity contribution in [3.05, 3.63) is 46.7 Å². The van der Waals surface area contributed by atoms with E-state index in [1.165, 1.54) is 5.73 Å². The zero-order valence-corrected chi connectivity index (χ0v) is 9.79. The van der Waals surface area contributed by atoms with Crippen LogP contribution in [0.2, 0.25) is 0 Å². The van der Waals surface area contributed by atoms with Crippen LogP contribution in [-0.4, -0.2) is 6.18 Å². The third-order valence-corrected chi connectivity index (χ3v) is 2.11. The van der Waals surface area contributed by atoms with E-state index in [9.17, 15) is 39.5 Å². The molecule has 1 rings (SSSR count). The summed E-state index contributed by atoms with van der Waals surface area (Å²) in [4.78, 5) is 0. The second-order valence-electron chi connectivity index (χ2n) is 3.84. The molecule has 1 aromatic rings. The fourth-order valence-electron chi connectivity index (χ4n) is 1.29. The molecule has 0 aliphatic heterocycles. The normalized spacial score (nSPS) is 12.8. The maximum Gasteiger partial charge on any atom is 0.416 e. The van der Waals surface area contributed by atoms with Crippen molar-refractivity contribution >= 4 is 6.08 Å². The fourth-order valence-corrected chi connectivity index (χ4v) is 1.29. The van der Waals surface area contributed by atoms with Crippen molar-refractivity contribution in [1.29, 1.82) is 0 Å². The molecule has 0 saturated carbocycles. The first-order valence-corrected chi connectivity index (χ1v) is 5.09. The van der Waals surface area contributed by atoms with Crippen LogP contribution in [0.15, 0.2) is 30.0 Å². The smallest absolute Gasteiger partial charge is 0.166 e. The van der Waals surface area contributed by atoms with Crippen molar-refractivity contribution in [2.75, 3.05) is 0 Å². The van der Waals surface area contributed by atoms with Crippen LogP contribution in [-0.2, 0) is 12.4 Å². The van der Waals surface area contributed by atoms with E-state index in [4.69, 9.17) is 0 Å². The van der Waals surface area contributed by atoms with Gasteiger partial charge < -0.3 is 0 Å². The lowest BCUT2D eigenvalue weighted by atomic mass is 10.0. The van der Waals surface area contributed by atoms with Crippen molar-refractivity contribution in [1.82, 2.24) is 0 Å². The summed E-state index contributed by atoms with van der Waals surface area (Å²) in [7, 11) is 0. The number of hydrogen-bond donors (Lipinski definition) is 0. The Balaban J connectivity index is 3.37. The predicted molar refractivity (Wildman–Crippen MR) is 55.0 cm³/mol. The van der Waals surface area contributed by atoms with E-state index in [1.54, 1.807) is 0 Å². The van der Waals surface area contributed by atoms with Gasteiger partial charge in [-0.15, -0.1) is 5.73 Å². The van der Waals surface area contributed by atoms with Crippen LogP contribution in [0.25, 0.3) is 6.08 Å². The van der Waals surface area contributed by atoms with Crippen molar-refractivity contribution in [2.45, 2.75) is 18.5 Å². The number of hydrogen-bond acceptors (Lipinski definition) is 0. The first kappa shape index (κ1) is 17.2. The topological polar surface area (TPSA) is 0 Å². The molecule has 9 heteroatoms. The molecule has 0 aliphatic carbocycles. The molecular weight excluding hydrogens is 315 g/mol. The van der Waals surface area contributed by atoms with Gasteiger partial charge in [0.2, 0.25) is 0 Å². The van der Waals surface area contributed by atoms with Gasteiger partial charge in [-0.05, 0) is 29.8 Å². The summed E-state index contributed by atoms with van der Waals surface area (Å²) >= 11 is 0. The zero-order valence-electron chi connectivity index (χ0n) is 9.79. The minimum Gasteiger partial charge on any atom is -0.166 e. The molecule has 0 amide bonds. The van der Waals surface area contributed by atoms with E-state index in [2.05, 4.69) is 0 Å². The lowest BCUT2D eigenvalue weighted by Gasteiger charge is -2.12. The third-order valence-electron chi connectivity index (χ3n) is 2.11. The van der Waals surface area contributed by atoms with Crippen LogP contribution in [0, 0.1) is 0 Å². The van der Waals surface area contributed by atoms with Gasteiger partial charge in [0.1, 0.15) is 0 Å². The van der Waals surface area contributed by atoms with E-state index < -0.39 is 41.3 Å². The average Bonchev–Trinajstić information content (AvgIpc) is 2.24. The van der Waals surface area contributed by atoms with Gasteiger partial charge in [0.25, 0.3) is 0 Å². The molecule has 0 aliphatic rings. The van der Waals surface area contributed by atoms with E-state index in [-0.39, 0.29) is 6.07 Å². The van der Waals surface area contributed by atoms with Gasteiger partial charge in [-0.3, -0.25) is 0 Å². The lowest BCUT2D eigenvalue weighted by molar-refractivity contribution is -0.143. The van der Waals surface area contributed by atoms with Gasteiger partial charge in [-0.2, -0.15) is 39.5 Å². The zero-order chi connectivity index (χ0) is 16.5. The Bertz CT molecular complexity index is 534. The number of alkyl halides is 9. The Hall–Kier alpha value is -1.89. The maximum atomic E-state index is 12.5. The SMILES string of the molecule is FC(F)(F)C=C=Cc1cc(C(F)(F)F)cc(C(F)(F)F)c1. The highest BCUT2D eigenvalue weighted by Gasteiger charge is 2.36. The molecule has 116 valence electrons. The summed E-state index contributed by atoms with van der Waals surface area (Å²) in [5.41, 5.74) is -2.43. The van der Waals surface area contributed by atoms with Crippen molar-refractivity contribution in [3.8, 4) is 0 Å². The molecule has 1 aromatic carbocycles. The highest BCUT2D eigenvalue weighted by Crippen LogP contribution is 2.36. The number of rotatable bonds is 1. The Morgan fingerprint density at radius 2 is 1.14 bits per heavy atom. The molecule has 21 heavy (non-hydrogen) atoms. The largest absolute Gasteiger partial charge is 0.416 e. The molecule has 0 aromatic heterocycles. The van der Waals surface area contributed by atoms with Gasteiger partial charge in [0.05, 0.1) is 17.2 Å². The summed E-state index contributed by atoms with van der Waals surface area (Å²) < 4.78 is 110. The van der Waals surface area contributed by atoms with Crippen LogP contribution in [0.5, 0.6) is 0 Å². The van der Waals surface area contributed by atoms with E-state index in [0.29, 0.717) is 18.2 Å². The van der Waals surface area contributed by atoms with E-state index in [0.717, 1.165) is 0 Å². The molecule has 0 unspecified atom stereocenters. The molecule has 0 heterocycles. The highest BCUT2D eigenvalue weighted by molar-refractivity contribution is 5.52. The van der Waals surface area contributed by atoms with Crippen molar-refractivity contribution < 1.29 is 39.5 Å². The molecule has 0 fully saturated rings. The minimum atomic E-state index is -5.06. The molecule has 0 spiro atoms. The summed E-state index contributed by atoms with van der Waals surface area (Å²) in [5.74, 6) is 0. The van der Waals surface area contributed by atoms with Gasteiger partial charge in [-0.1, -0.05) is 0 Å². The maximum absolute atomic E-state index is 12.5. The Kier molecular flexibility index (Phi) is 4.48. The summed E-state index contributed by atoms with van der Waals surface area (Å²) in [6.07, 6.45) is -14.9. The number of benzene rings is 1. The van der Waals surface area contributed by atoms with Gasteiger partial charge >= 0.3 is 18.5 Å². The second-order valence-corrected chi connectivity index (χ2v) is 3.84. The Labute approximate surface area is 112 Å². The van der Waals surface area contributed by atoms with Crippen LogP contribution in [0.1, 0.15) is 16.7 Å². The molecule has 0 radical (unpaired) electrons. The van der Waals surface area contributed by atoms with Gasteiger partial charge in [0.15, 0.2) is 0 Å². The number of allylic oxidation sites excluding steroid dienone is 1. The Morgan fingerprint density at radius 3 is 1.48 bits per heavy atom. The summed E-state index contributed by atoms with van der Waals surface area (Å²) in [6, 6.07) is 0.476. The molecule has 0 bridgehead atoms. The van der Waals surface area contributed by atoms with E-state index >= 15 is 0 Å². The predicted octanol–water partition coefficient (Wildman–Crippen LogP) is 5.45. The summed E-state index contributed by atoms with van der Waals surface area (Å²) in [6.45, 7) is 0. The number of halogens is 9. The van der Waals surface area contributed by atoms with Gasteiger partial charge in [0, 0.05) is 0 Å². The fraction of sp³-hybridized carbons (Fsp3) is 0.250. The molecule has 0 N–H and O–H groups in total. The quantitative estimate of drug-likeness (QED) is 0.476. The average molecular weight is 320 g/mol. The molecule has 0 saturated heterocycles. The molecule has 0 nitrogen and oxygen atoms in total. The third kappa shape index (κ3) is 5.55. The van der Waals surface area contributed by atoms with Crippen LogP contribution in [0.3, 0.4) is 0 Å². The monoisotopic (exact) mass is 320 g/mol. The molecule has 0 atom stereocenters. The first-order chi connectivity index (χ1) is 9.29.